The van der Waals surface area contributed by atoms with Crippen molar-refractivity contribution in [3.05, 3.63) is 18.0 Å². The van der Waals surface area contributed by atoms with E-state index in [0.29, 0.717) is 30.1 Å². The smallest absolute Gasteiger partial charge is 0.222 e. The van der Waals surface area contributed by atoms with Crippen LogP contribution in [0.5, 0.6) is 0 Å². The highest BCUT2D eigenvalue weighted by molar-refractivity contribution is 5.77. The number of anilines is 1. The molecular weight excluding hydrogens is 328 g/mol. The normalized spacial score (nSPS) is 27.0. The minimum atomic E-state index is 0.123. The quantitative estimate of drug-likeness (QED) is 0.855. The Hall–Kier alpha value is -1.73. The van der Waals surface area contributed by atoms with E-state index in [1.54, 1.807) is 6.20 Å². The Bertz CT molecular complexity index is 666. The molecule has 1 amide bonds. The molecule has 7 heteroatoms. The molecule has 3 saturated heterocycles. The van der Waals surface area contributed by atoms with Gasteiger partial charge in [-0.25, -0.2) is 9.97 Å². The second-order valence-corrected chi connectivity index (χ2v) is 8.65. The van der Waals surface area contributed by atoms with Gasteiger partial charge in [0, 0.05) is 50.1 Å². The van der Waals surface area contributed by atoms with Crippen LogP contribution in [0.2, 0.25) is 0 Å². The average Bonchev–Trinajstić information content (AvgIpc) is 2.93. The molecule has 3 aliphatic rings. The fourth-order valence-electron chi connectivity index (χ4n) is 5.06. The molecular formula is C19H30N6O. The summed E-state index contributed by atoms with van der Waals surface area (Å²) >= 11 is 0. The van der Waals surface area contributed by atoms with E-state index in [1.807, 2.05) is 6.07 Å². The van der Waals surface area contributed by atoms with Crippen LogP contribution in [0.3, 0.4) is 0 Å². The first-order chi connectivity index (χ1) is 12.4. The van der Waals surface area contributed by atoms with Crippen LogP contribution in [0.4, 0.5) is 5.95 Å². The van der Waals surface area contributed by atoms with Crippen molar-refractivity contribution in [3.63, 3.8) is 0 Å². The second-order valence-electron chi connectivity index (χ2n) is 8.65. The number of piperidine rings is 1. The van der Waals surface area contributed by atoms with Gasteiger partial charge in [0.05, 0.1) is 5.69 Å². The fourth-order valence-corrected chi connectivity index (χ4v) is 5.06. The van der Waals surface area contributed by atoms with Gasteiger partial charge in [0.1, 0.15) is 0 Å². The zero-order valence-electron chi connectivity index (χ0n) is 15.9. The van der Waals surface area contributed by atoms with Crippen LogP contribution in [0.1, 0.15) is 30.9 Å². The molecule has 4 heterocycles. The Morgan fingerprint density at radius 1 is 1.23 bits per heavy atom. The van der Waals surface area contributed by atoms with Crippen molar-refractivity contribution in [2.75, 3.05) is 59.1 Å². The molecule has 142 valence electrons. The molecule has 0 saturated carbocycles. The summed E-state index contributed by atoms with van der Waals surface area (Å²) in [6.07, 6.45) is 4.75. The zero-order chi connectivity index (χ0) is 18.3. The van der Waals surface area contributed by atoms with Gasteiger partial charge in [0.2, 0.25) is 11.9 Å². The summed E-state index contributed by atoms with van der Waals surface area (Å²) in [6, 6.07) is 1.98. The highest BCUT2D eigenvalue weighted by Gasteiger charge is 2.55. The van der Waals surface area contributed by atoms with E-state index in [1.165, 1.54) is 0 Å². The van der Waals surface area contributed by atoms with Crippen molar-refractivity contribution in [1.29, 1.82) is 0 Å². The van der Waals surface area contributed by atoms with E-state index in [4.69, 9.17) is 5.73 Å². The molecule has 2 N–H and O–H groups in total. The average molecular weight is 358 g/mol. The van der Waals surface area contributed by atoms with Crippen LogP contribution in [-0.4, -0.2) is 83.9 Å². The first-order valence-corrected chi connectivity index (χ1v) is 9.68. The Morgan fingerprint density at radius 2 is 1.96 bits per heavy atom. The molecule has 0 aromatic carbocycles. The predicted molar refractivity (Wildman–Crippen MR) is 101 cm³/mol. The summed E-state index contributed by atoms with van der Waals surface area (Å²) in [5, 5.41) is 0. The Balaban J connectivity index is 1.39. The van der Waals surface area contributed by atoms with Crippen LogP contribution < -0.4 is 5.73 Å². The fraction of sp³-hybridized carbons (Fsp3) is 0.737. The third-order valence-corrected chi connectivity index (χ3v) is 6.54. The van der Waals surface area contributed by atoms with Gasteiger partial charge in [-0.1, -0.05) is 0 Å². The summed E-state index contributed by atoms with van der Waals surface area (Å²) in [5.74, 6) is 1.55. The van der Waals surface area contributed by atoms with Gasteiger partial charge in [-0.3, -0.25) is 4.79 Å². The molecule has 0 radical (unpaired) electrons. The lowest BCUT2D eigenvalue weighted by Gasteiger charge is -2.51. The number of nitrogens with zero attached hydrogens (tertiary/aromatic N) is 5. The number of hydrogen-bond acceptors (Lipinski definition) is 6. The van der Waals surface area contributed by atoms with Crippen molar-refractivity contribution >= 4 is 11.9 Å². The molecule has 7 nitrogen and oxygen atoms in total. The molecule has 3 fully saturated rings. The SMILES string of the molecule is CN1CCC(CC(=O)N2CC3(CN(C)CC3c3ccnc(N)n3)C2)CC1. The van der Waals surface area contributed by atoms with Crippen LogP contribution in [0.15, 0.2) is 12.3 Å². The first kappa shape index (κ1) is 17.7. The minimum absolute atomic E-state index is 0.123. The standard InChI is InChI=1S/C19H30N6O/c1-23-7-4-14(5-8-23)9-17(26)25-12-19(13-25)11-24(2)10-15(19)16-3-6-21-18(20)22-16/h3,6,14-15H,4-5,7-13H2,1-2H3,(H2,20,21,22). The van der Waals surface area contributed by atoms with Crippen molar-refractivity contribution in [2.45, 2.75) is 25.2 Å². The number of amides is 1. The lowest BCUT2D eigenvalue weighted by molar-refractivity contribution is -0.145. The van der Waals surface area contributed by atoms with Gasteiger partial charge in [-0.05, 0) is 52.0 Å². The number of aromatic nitrogens is 2. The van der Waals surface area contributed by atoms with Crippen LogP contribution in [0.25, 0.3) is 0 Å². The molecule has 1 spiro atoms. The van der Waals surface area contributed by atoms with Gasteiger partial charge in [-0.2, -0.15) is 0 Å². The maximum Gasteiger partial charge on any atom is 0.222 e. The zero-order valence-corrected chi connectivity index (χ0v) is 15.9. The second kappa shape index (κ2) is 6.78. The Kier molecular flexibility index (Phi) is 4.61. The molecule has 0 bridgehead atoms. The number of carbonyl (C=O) groups excluding carboxylic acids is 1. The molecule has 26 heavy (non-hydrogen) atoms. The van der Waals surface area contributed by atoms with Gasteiger partial charge in [0.15, 0.2) is 0 Å². The third-order valence-electron chi connectivity index (χ3n) is 6.54. The lowest BCUT2D eigenvalue weighted by Crippen LogP contribution is -2.61. The molecule has 0 aliphatic carbocycles. The topological polar surface area (TPSA) is 78.6 Å². The van der Waals surface area contributed by atoms with Gasteiger partial charge < -0.3 is 20.4 Å². The number of likely N-dealkylation sites (N-methyl/N-ethyl adjacent to an activating group) is 1. The number of nitrogen functional groups attached to an aromatic ring is 1. The van der Waals surface area contributed by atoms with Crippen molar-refractivity contribution in [1.82, 2.24) is 24.7 Å². The van der Waals surface area contributed by atoms with E-state index >= 15 is 0 Å². The number of carbonyl (C=O) groups is 1. The first-order valence-electron chi connectivity index (χ1n) is 9.68. The predicted octanol–water partition coefficient (Wildman–Crippen LogP) is 0.648. The molecule has 1 aromatic heterocycles. The highest BCUT2D eigenvalue weighted by Crippen LogP contribution is 2.48. The van der Waals surface area contributed by atoms with Crippen molar-refractivity contribution in [2.24, 2.45) is 11.3 Å². The van der Waals surface area contributed by atoms with E-state index < -0.39 is 0 Å². The number of hydrogen-bond donors (Lipinski definition) is 1. The van der Waals surface area contributed by atoms with E-state index in [2.05, 4.69) is 38.8 Å². The van der Waals surface area contributed by atoms with Crippen LogP contribution in [0, 0.1) is 11.3 Å². The van der Waals surface area contributed by atoms with Gasteiger partial charge in [0.25, 0.3) is 0 Å². The summed E-state index contributed by atoms with van der Waals surface area (Å²) in [5.41, 5.74) is 6.94. The summed E-state index contributed by atoms with van der Waals surface area (Å²) in [6.45, 7) is 5.90. The van der Waals surface area contributed by atoms with Crippen molar-refractivity contribution in [3.8, 4) is 0 Å². The summed E-state index contributed by atoms with van der Waals surface area (Å²) in [4.78, 5) is 28.0. The Labute approximate surface area is 155 Å². The molecule has 3 aliphatic heterocycles. The van der Waals surface area contributed by atoms with Crippen molar-refractivity contribution < 1.29 is 4.79 Å². The largest absolute Gasteiger partial charge is 0.368 e. The van der Waals surface area contributed by atoms with E-state index in [-0.39, 0.29) is 5.41 Å². The number of nitrogens with two attached hydrogens (primary N) is 1. The molecule has 1 unspecified atom stereocenters. The van der Waals surface area contributed by atoms with Crippen LogP contribution >= 0.6 is 0 Å². The summed E-state index contributed by atoms with van der Waals surface area (Å²) in [7, 11) is 4.31. The van der Waals surface area contributed by atoms with Gasteiger partial charge in [-0.15, -0.1) is 0 Å². The number of likely N-dealkylation sites (tertiary alicyclic amines) is 3. The molecule has 1 aromatic rings. The molecule has 4 rings (SSSR count). The summed E-state index contributed by atoms with van der Waals surface area (Å²) < 4.78 is 0. The Morgan fingerprint density at radius 3 is 2.65 bits per heavy atom. The van der Waals surface area contributed by atoms with E-state index in [0.717, 1.165) is 57.8 Å². The minimum Gasteiger partial charge on any atom is -0.368 e. The maximum absolute atomic E-state index is 12.7. The number of rotatable bonds is 3. The van der Waals surface area contributed by atoms with E-state index in [9.17, 15) is 4.79 Å². The lowest BCUT2D eigenvalue weighted by atomic mass is 9.70. The van der Waals surface area contributed by atoms with Crippen LogP contribution in [-0.2, 0) is 4.79 Å². The van der Waals surface area contributed by atoms with Gasteiger partial charge >= 0.3 is 0 Å². The molecule has 1 atom stereocenters. The third kappa shape index (κ3) is 3.30. The highest BCUT2D eigenvalue weighted by atomic mass is 16.2. The monoisotopic (exact) mass is 358 g/mol. The maximum atomic E-state index is 12.7.